The molecule has 0 saturated carbocycles. The topological polar surface area (TPSA) is 39.6 Å². The number of aromatic nitrogens is 1. The Morgan fingerprint density at radius 3 is 2.82 bits per heavy atom. The minimum absolute atomic E-state index is 0.00774. The third-order valence-corrected chi connectivity index (χ3v) is 3.30. The molecule has 2 rings (SSSR count). The number of aliphatic hydroxyl groups is 1. The molecule has 1 aliphatic heterocycles. The molecule has 1 aliphatic rings. The predicted molar refractivity (Wildman–Crippen MR) is 69.1 cm³/mol. The van der Waals surface area contributed by atoms with E-state index in [9.17, 15) is 0 Å². The van der Waals surface area contributed by atoms with Crippen LogP contribution in [0.2, 0.25) is 0 Å². The normalized spacial score (nSPS) is 16.4. The molecule has 2 heterocycles. The molecule has 1 aromatic heterocycles. The van der Waals surface area contributed by atoms with Gasteiger partial charge in [0.05, 0.1) is 12.3 Å². The van der Waals surface area contributed by atoms with Crippen molar-refractivity contribution in [2.24, 2.45) is 0 Å². The van der Waals surface area contributed by atoms with E-state index in [-0.39, 0.29) is 6.61 Å². The first-order valence-electron chi connectivity index (χ1n) is 6.30. The Kier molecular flexibility index (Phi) is 4.34. The number of aliphatic hydroxyl groups excluding tert-OH is 1. The zero-order valence-electron chi connectivity index (χ0n) is 10.5. The van der Waals surface area contributed by atoms with Gasteiger partial charge < -0.3 is 14.9 Å². The van der Waals surface area contributed by atoms with Crippen molar-refractivity contribution in [2.75, 3.05) is 38.1 Å². The number of likely N-dealkylation sites (N-methyl/N-ethyl adjacent to an activating group) is 1. The van der Waals surface area contributed by atoms with Crippen molar-refractivity contribution in [1.82, 2.24) is 9.88 Å². The Labute approximate surface area is 103 Å². The van der Waals surface area contributed by atoms with Crippen LogP contribution < -0.4 is 4.90 Å². The largest absolute Gasteiger partial charge is 0.390 e. The van der Waals surface area contributed by atoms with E-state index in [4.69, 9.17) is 5.11 Å². The summed E-state index contributed by atoms with van der Waals surface area (Å²) in [6.45, 7) is 4.56. The molecule has 1 N–H and O–H groups in total. The number of anilines is 1. The lowest BCUT2D eigenvalue weighted by atomic mass is 10.3. The van der Waals surface area contributed by atoms with E-state index in [2.05, 4.69) is 21.8 Å². The minimum Gasteiger partial charge on any atom is -0.390 e. The lowest BCUT2D eigenvalue weighted by Crippen LogP contribution is -2.31. The maximum absolute atomic E-state index is 9.06. The van der Waals surface area contributed by atoms with E-state index in [1.807, 2.05) is 18.2 Å². The number of hydrogen-bond donors (Lipinski definition) is 1. The summed E-state index contributed by atoms with van der Waals surface area (Å²) in [4.78, 5) is 9.04. The van der Waals surface area contributed by atoms with Crippen LogP contribution >= 0.6 is 0 Å². The van der Waals surface area contributed by atoms with Gasteiger partial charge in [0.25, 0.3) is 0 Å². The fourth-order valence-electron chi connectivity index (χ4n) is 2.18. The highest BCUT2D eigenvalue weighted by atomic mass is 16.3. The van der Waals surface area contributed by atoms with E-state index in [0.717, 1.165) is 24.6 Å². The monoisotopic (exact) mass is 235 g/mol. The van der Waals surface area contributed by atoms with Crippen LogP contribution in [0.25, 0.3) is 0 Å². The third kappa shape index (κ3) is 3.41. The summed E-state index contributed by atoms with van der Waals surface area (Å²) < 4.78 is 0. The van der Waals surface area contributed by atoms with Gasteiger partial charge in [-0.25, -0.2) is 4.98 Å². The summed E-state index contributed by atoms with van der Waals surface area (Å²) in [5.41, 5.74) is 0.732. The molecular weight excluding hydrogens is 214 g/mol. The molecule has 0 radical (unpaired) electrons. The van der Waals surface area contributed by atoms with Gasteiger partial charge in [-0.1, -0.05) is 6.07 Å². The van der Waals surface area contributed by atoms with Crippen LogP contribution in [-0.4, -0.2) is 48.2 Å². The van der Waals surface area contributed by atoms with Gasteiger partial charge in [-0.3, -0.25) is 0 Å². The lowest BCUT2D eigenvalue weighted by Gasteiger charge is -2.22. The zero-order chi connectivity index (χ0) is 12.1. The Balaban J connectivity index is 1.87. The Morgan fingerprint density at radius 2 is 2.12 bits per heavy atom. The lowest BCUT2D eigenvalue weighted by molar-refractivity contribution is 0.277. The second kappa shape index (κ2) is 5.98. The van der Waals surface area contributed by atoms with Gasteiger partial charge in [-0.2, -0.15) is 0 Å². The molecular formula is C13H21N3O. The SMILES string of the molecule is CN(CCN1CCCC1)c1cccc(CO)n1. The number of hydrogen-bond acceptors (Lipinski definition) is 4. The summed E-state index contributed by atoms with van der Waals surface area (Å²) in [6, 6.07) is 5.78. The van der Waals surface area contributed by atoms with Crippen molar-refractivity contribution in [1.29, 1.82) is 0 Å². The molecule has 0 bridgehead atoms. The van der Waals surface area contributed by atoms with Gasteiger partial charge in [0.1, 0.15) is 5.82 Å². The molecule has 0 atom stereocenters. The summed E-state index contributed by atoms with van der Waals surface area (Å²) in [5, 5.41) is 9.06. The Bertz CT molecular complexity index is 350. The molecule has 0 amide bonds. The highest BCUT2D eigenvalue weighted by Gasteiger charge is 2.12. The van der Waals surface area contributed by atoms with Crippen LogP contribution in [0.5, 0.6) is 0 Å². The molecule has 4 nitrogen and oxygen atoms in total. The first kappa shape index (κ1) is 12.3. The highest BCUT2D eigenvalue weighted by molar-refractivity contribution is 5.38. The molecule has 0 spiro atoms. The van der Waals surface area contributed by atoms with Gasteiger partial charge in [-0.05, 0) is 38.1 Å². The maximum atomic E-state index is 9.06. The molecule has 1 aromatic rings. The van der Waals surface area contributed by atoms with Crippen molar-refractivity contribution in [3.63, 3.8) is 0 Å². The second-order valence-corrected chi connectivity index (χ2v) is 4.62. The van der Waals surface area contributed by atoms with Crippen LogP contribution in [0.1, 0.15) is 18.5 Å². The molecule has 1 saturated heterocycles. The summed E-state index contributed by atoms with van der Waals surface area (Å²) in [5.74, 6) is 0.941. The van der Waals surface area contributed by atoms with E-state index >= 15 is 0 Å². The maximum Gasteiger partial charge on any atom is 0.128 e. The molecule has 0 unspecified atom stereocenters. The van der Waals surface area contributed by atoms with Gasteiger partial charge in [0, 0.05) is 20.1 Å². The smallest absolute Gasteiger partial charge is 0.128 e. The molecule has 94 valence electrons. The van der Waals surface area contributed by atoms with Crippen molar-refractivity contribution in [3.05, 3.63) is 23.9 Å². The quantitative estimate of drug-likeness (QED) is 0.830. The first-order chi connectivity index (χ1) is 8.29. The van der Waals surface area contributed by atoms with Crippen LogP contribution in [0.15, 0.2) is 18.2 Å². The van der Waals surface area contributed by atoms with Gasteiger partial charge in [0.15, 0.2) is 0 Å². The van der Waals surface area contributed by atoms with E-state index in [1.54, 1.807) is 0 Å². The fraction of sp³-hybridized carbons (Fsp3) is 0.615. The fourth-order valence-corrected chi connectivity index (χ4v) is 2.18. The highest BCUT2D eigenvalue weighted by Crippen LogP contribution is 2.11. The van der Waals surface area contributed by atoms with Gasteiger partial charge >= 0.3 is 0 Å². The van der Waals surface area contributed by atoms with E-state index < -0.39 is 0 Å². The van der Waals surface area contributed by atoms with Gasteiger partial charge in [-0.15, -0.1) is 0 Å². The number of nitrogens with zero attached hydrogens (tertiary/aromatic N) is 3. The Morgan fingerprint density at radius 1 is 1.35 bits per heavy atom. The summed E-state index contributed by atoms with van der Waals surface area (Å²) in [6.07, 6.45) is 2.67. The second-order valence-electron chi connectivity index (χ2n) is 4.62. The predicted octanol–water partition coefficient (Wildman–Crippen LogP) is 1.11. The Hall–Kier alpha value is -1.13. The number of rotatable bonds is 5. The van der Waals surface area contributed by atoms with Crippen LogP contribution in [0.3, 0.4) is 0 Å². The van der Waals surface area contributed by atoms with Crippen molar-refractivity contribution < 1.29 is 5.11 Å². The zero-order valence-corrected chi connectivity index (χ0v) is 10.5. The van der Waals surface area contributed by atoms with Crippen molar-refractivity contribution in [3.8, 4) is 0 Å². The van der Waals surface area contributed by atoms with Crippen molar-refractivity contribution in [2.45, 2.75) is 19.4 Å². The average molecular weight is 235 g/mol. The minimum atomic E-state index is 0.00774. The molecule has 1 fully saturated rings. The average Bonchev–Trinajstić information content (AvgIpc) is 2.89. The first-order valence-corrected chi connectivity index (χ1v) is 6.30. The number of likely N-dealkylation sites (tertiary alicyclic amines) is 1. The molecule has 4 heteroatoms. The van der Waals surface area contributed by atoms with E-state index in [0.29, 0.717) is 0 Å². The van der Waals surface area contributed by atoms with Crippen LogP contribution in [0.4, 0.5) is 5.82 Å². The summed E-state index contributed by atoms with van der Waals surface area (Å²) in [7, 11) is 2.06. The molecule has 0 aromatic carbocycles. The van der Waals surface area contributed by atoms with Crippen LogP contribution in [0, 0.1) is 0 Å². The van der Waals surface area contributed by atoms with E-state index in [1.165, 1.54) is 25.9 Å². The van der Waals surface area contributed by atoms with Crippen molar-refractivity contribution >= 4 is 5.82 Å². The molecule has 17 heavy (non-hydrogen) atoms. The van der Waals surface area contributed by atoms with Gasteiger partial charge in [0.2, 0.25) is 0 Å². The number of pyridine rings is 1. The third-order valence-electron chi connectivity index (χ3n) is 3.30. The standard InChI is InChI=1S/C13H21N3O/c1-15(9-10-16-7-2-3-8-16)13-6-4-5-12(11-17)14-13/h4-6,17H,2-3,7-11H2,1H3. The summed E-state index contributed by atoms with van der Waals surface area (Å²) >= 11 is 0. The molecule has 0 aliphatic carbocycles. The van der Waals surface area contributed by atoms with Crippen LogP contribution in [-0.2, 0) is 6.61 Å².